The lowest BCUT2D eigenvalue weighted by Crippen LogP contribution is -2.38. The lowest BCUT2D eigenvalue weighted by Gasteiger charge is -2.12. The zero-order chi connectivity index (χ0) is 11.4. The van der Waals surface area contributed by atoms with Crippen LogP contribution in [-0.4, -0.2) is 23.0 Å². The van der Waals surface area contributed by atoms with Crippen LogP contribution in [0.1, 0.15) is 18.1 Å². The van der Waals surface area contributed by atoms with Crippen molar-refractivity contribution in [2.45, 2.75) is 32.4 Å². The van der Waals surface area contributed by atoms with Crippen LogP contribution in [0, 0.1) is 6.92 Å². The van der Waals surface area contributed by atoms with Gasteiger partial charge in [-0.15, -0.1) is 0 Å². The van der Waals surface area contributed by atoms with Crippen molar-refractivity contribution >= 4 is 5.78 Å². The number of benzene rings is 1. The molecule has 1 aromatic rings. The second-order valence-corrected chi connectivity index (χ2v) is 3.88. The fourth-order valence-corrected chi connectivity index (χ4v) is 1.50. The first-order valence-electron chi connectivity index (χ1n) is 5.03. The van der Waals surface area contributed by atoms with Gasteiger partial charge < -0.3 is 10.8 Å². The summed E-state index contributed by atoms with van der Waals surface area (Å²) >= 11 is 0. The maximum Gasteiger partial charge on any atom is 0.177 e. The molecule has 0 amide bonds. The third kappa shape index (κ3) is 3.46. The molecule has 1 rings (SSSR count). The molecule has 0 aromatic heterocycles. The van der Waals surface area contributed by atoms with E-state index >= 15 is 0 Å². The van der Waals surface area contributed by atoms with Crippen molar-refractivity contribution in [3.8, 4) is 0 Å². The molecule has 0 heterocycles. The van der Waals surface area contributed by atoms with E-state index in [2.05, 4.69) is 0 Å². The van der Waals surface area contributed by atoms with Crippen LogP contribution < -0.4 is 5.73 Å². The van der Waals surface area contributed by atoms with Gasteiger partial charge in [-0.25, -0.2) is 0 Å². The lowest BCUT2D eigenvalue weighted by molar-refractivity contribution is -0.127. The van der Waals surface area contributed by atoms with Crippen LogP contribution in [0.2, 0.25) is 0 Å². The summed E-state index contributed by atoms with van der Waals surface area (Å²) in [5, 5.41) is 9.09. The zero-order valence-corrected chi connectivity index (χ0v) is 9.10. The minimum atomic E-state index is -0.982. The Bertz CT molecular complexity index is 347. The van der Waals surface area contributed by atoms with Crippen LogP contribution in [0.15, 0.2) is 24.3 Å². The number of hydrogen-bond donors (Lipinski definition) is 2. The molecule has 0 aliphatic carbocycles. The highest BCUT2D eigenvalue weighted by molar-refractivity contribution is 5.87. The van der Waals surface area contributed by atoms with Crippen molar-refractivity contribution in [3.63, 3.8) is 0 Å². The summed E-state index contributed by atoms with van der Waals surface area (Å²) in [5.41, 5.74) is 7.86. The van der Waals surface area contributed by atoms with Gasteiger partial charge in [0, 0.05) is 0 Å². The highest BCUT2D eigenvalue weighted by Gasteiger charge is 2.18. The standard InChI is InChI=1S/C12H17NO2/c1-8-4-3-5-10(6-8)7-11(13)12(15)9(2)14/h3-6,9,11,14H,7,13H2,1-2H3. The molecule has 15 heavy (non-hydrogen) atoms. The van der Waals surface area contributed by atoms with E-state index in [1.54, 1.807) is 0 Å². The number of aliphatic hydroxyl groups is 1. The van der Waals surface area contributed by atoms with Gasteiger partial charge in [-0.2, -0.15) is 0 Å². The van der Waals surface area contributed by atoms with Crippen LogP contribution >= 0.6 is 0 Å². The molecule has 0 radical (unpaired) electrons. The van der Waals surface area contributed by atoms with Gasteiger partial charge in [0.15, 0.2) is 5.78 Å². The third-order valence-corrected chi connectivity index (χ3v) is 2.32. The minimum absolute atomic E-state index is 0.309. The molecule has 1 aromatic carbocycles. The van der Waals surface area contributed by atoms with Crippen LogP contribution in [0.3, 0.4) is 0 Å². The third-order valence-electron chi connectivity index (χ3n) is 2.32. The van der Waals surface area contributed by atoms with Gasteiger partial charge in [-0.3, -0.25) is 4.79 Å². The molecule has 2 unspecified atom stereocenters. The monoisotopic (exact) mass is 207 g/mol. The average molecular weight is 207 g/mol. The molecule has 0 saturated heterocycles. The van der Waals surface area contributed by atoms with Gasteiger partial charge in [-0.05, 0) is 25.8 Å². The van der Waals surface area contributed by atoms with Crippen LogP contribution in [-0.2, 0) is 11.2 Å². The van der Waals surface area contributed by atoms with Gasteiger partial charge in [0.2, 0.25) is 0 Å². The highest BCUT2D eigenvalue weighted by atomic mass is 16.3. The van der Waals surface area contributed by atoms with Crippen molar-refractivity contribution in [2.75, 3.05) is 0 Å². The fraction of sp³-hybridized carbons (Fsp3) is 0.417. The minimum Gasteiger partial charge on any atom is -0.386 e. The summed E-state index contributed by atoms with van der Waals surface area (Å²) in [4.78, 5) is 11.4. The molecule has 3 heteroatoms. The number of carbonyl (C=O) groups is 1. The summed E-state index contributed by atoms with van der Waals surface area (Å²) in [5.74, 6) is -0.309. The molecule has 3 N–H and O–H groups in total. The zero-order valence-electron chi connectivity index (χ0n) is 9.10. The number of hydrogen-bond acceptors (Lipinski definition) is 3. The topological polar surface area (TPSA) is 63.3 Å². The Morgan fingerprint density at radius 1 is 1.53 bits per heavy atom. The predicted molar refractivity (Wildman–Crippen MR) is 59.5 cm³/mol. The molecular weight excluding hydrogens is 190 g/mol. The largest absolute Gasteiger partial charge is 0.386 e. The van der Waals surface area contributed by atoms with Crippen molar-refractivity contribution in [1.82, 2.24) is 0 Å². The van der Waals surface area contributed by atoms with E-state index in [1.165, 1.54) is 6.92 Å². The number of nitrogens with two attached hydrogens (primary N) is 1. The molecule has 3 nitrogen and oxygen atoms in total. The summed E-state index contributed by atoms with van der Waals surface area (Å²) in [7, 11) is 0. The second kappa shape index (κ2) is 5.05. The summed E-state index contributed by atoms with van der Waals surface area (Å²) < 4.78 is 0. The molecule has 0 saturated carbocycles. The molecule has 0 aliphatic rings. The van der Waals surface area contributed by atoms with E-state index in [0.717, 1.165) is 11.1 Å². The predicted octanol–water partition coefficient (Wildman–Crippen LogP) is 0.815. The highest BCUT2D eigenvalue weighted by Crippen LogP contribution is 2.07. The van der Waals surface area contributed by atoms with Gasteiger partial charge in [0.05, 0.1) is 6.04 Å². The normalized spacial score (nSPS) is 14.7. The maximum absolute atomic E-state index is 11.4. The maximum atomic E-state index is 11.4. The Balaban J connectivity index is 2.66. The smallest absolute Gasteiger partial charge is 0.177 e. The number of Topliss-reactive ketones (excluding diaryl/α,β-unsaturated/α-hetero) is 1. The van der Waals surface area contributed by atoms with E-state index in [0.29, 0.717) is 6.42 Å². The molecule has 0 bridgehead atoms. The summed E-state index contributed by atoms with van der Waals surface area (Å²) in [6.45, 7) is 3.43. The quantitative estimate of drug-likeness (QED) is 0.768. The van der Waals surface area contributed by atoms with Gasteiger partial charge in [0.1, 0.15) is 6.10 Å². The number of aliphatic hydroxyl groups excluding tert-OH is 1. The second-order valence-electron chi connectivity index (χ2n) is 3.88. The van der Waals surface area contributed by atoms with Crippen LogP contribution in [0.5, 0.6) is 0 Å². The summed E-state index contributed by atoms with van der Waals surface area (Å²) in [6.07, 6.45) is -0.504. The van der Waals surface area contributed by atoms with Crippen LogP contribution in [0.4, 0.5) is 0 Å². The van der Waals surface area contributed by atoms with E-state index in [-0.39, 0.29) is 5.78 Å². The Labute approximate surface area is 89.9 Å². The fourth-order valence-electron chi connectivity index (χ4n) is 1.50. The molecule has 0 spiro atoms. The number of carbonyl (C=O) groups excluding carboxylic acids is 1. The van der Waals surface area contributed by atoms with E-state index in [4.69, 9.17) is 10.8 Å². The number of ketones is 1. The number of aryl methyl sites for hydroxylation is 1. The van der Waals surface area contributed by atoms with E-state index in [9.17, 15) is 4.79 Å². The van der Waals surface area contributed by atoms with Gasteiger partial charge in [-0.1, -0.05) is 29.8 Å². The molecule has 0 aliphatic heterocycles. The summed E-state index contributed by atoms with van der Waals surface area (Å²) in [6, 6.07) is 7.24. The van der Waals surface area contributed by atoms with Crippen molar-refractivity contribution < 1.29 is 9.90 Å². The van der Waals surface area contributed by atoms with Crippen molar-refractivity contribution in [2.24, 2.45) is 5.73 Å². The van der Waals surface area contributed by atoms with Gasteiger partial charge in [0.25, 0.3) is 0 Å². The molecular formula is C12H17NO2. The average Bonchev–Trinajstić information content (AvgIpc) is 2.16. The molecule has 82 valence electrons. The first kappa shape index (κ1) is 11.9. The Kier molecular flexibility index (Phi) is 4.00. The molecule has 0 fully saturated rings. The first-order valence-corrected chi connectivity index (χ1v) is 5.03. The Hall–Kier alpha value is -1.19. The van der Waals surface area contributed by atoms with Crippen LogP contribution in [0.25, 0.3) is 0 Å². The van der Waals surface area contributed by atoms with Crippen molar-refractivity contribution in [1.29, 1.82) is 0 Å². The van der Waals surface area contributed by atoms with E-state index < -0.39 is 12.1 Å². The van der Waals surface area contributed by atoms with Crippen molar-refractivity contribution in [3.05, 3.63) is 35.4 Å². The number of rotatable bonds is 4. The van der Waals surface area contributed by atoms with Gasteiger partial charge >= 0.3 is 0 Å². The molecule has 2 atom stereocenters. The first-order chi connectivity index (χ1) is 7.00. The lowest BCUT2D eigenvalue weighted by atomic mass is 10.00. The Morgan fingerprint density at radius 2 is 2.20 bits per heavy atom. The Morgan fingerprint density at radius 3 is 2.73 bits per heavy atom. The SMILES string of the molecule is Cc1cccc(CC(N)C(=O)C(C)O)c1. The van der Waals surface area contributed by atoms with E-state index in [1.807, 2.05) is 31.2 Å².